The van der Waals surface area contributed by atoms with E-state index in [1.165, 1.54) is 4.90 Å². The van der Waals surface area contributed by atoms with Gasteiger partial charge in [0.15, 0.2) is 18.2 Å². The number of nitrogens with zero attached hydrogens (tertiary/aromatic N) is 6. The molecule has 4 aromatic rings. The Morgan fingerprint density at radius 1 is 1.04 bits per heavy atom. The number of amides is 1. The number of carbonyl (C=O) groups is 1. The minimum atomic E-state index is -4.60. The predicted octanol–water partition coefficient (Wildman–Crippen LogP) is 6.70. The minimum Gasteiger partial charge on any atom is -0.481 e. The first-order valence-electron chi connectivity index (χ1n) is 19.1. The molecule has 2 aliphatic carbocycles. The normalized spacial score (nSPS) is 20.8. The van der Waals surface area contributed by atoms with E-state index in [1.54, 1.807) is 13.3 Å². The first-order valence-corrected chi connectivity index (χ1v) is 19.1. The fourth-order valence-electron chi connectivity index (χ4n) is 9.51. The number of fused-ring (bicyclic) bond motifs is 2. The van der Waals surface area contributed by atoms with Crippen LogP contribution < -0.4 is 14.4 Å². The summed E-state index contributed by atoms with van der Waals surface area (Å²) in [7, 11) is 1.70. The molecule has 3 saturated heterocycles. The number of methoxy groups -OCH3 is 1. The number of alkyl halides is 3. The van der Waals surface area contributed by atoms with Crippen molar-refractivity contribution in [1.82, 2.24) is 30.0 Å². The molecule has 292 valence electrons. The molecule has 1 N–H and O–H groups in total. The zero-order chi connectivity index (χ0) is 38.3. The number of aromatic nitrogens is 4. The largest absolute Gasteiger partial charge is 0.481 e. The molecule has 5 fully saturated rings. The number of anilines is 1. The lowest BCUT2D eigenvalue weighted by atomic mass is 9.62. The Bertz CT molecular complexity index is 2160. The van der Waals surface area contributed by atoms with Gasteiger partial charge in [0.05, 0.1) is 18.3 Å². The average Bonchev–Trinajstić information content (AvgIpc) is 3.84. The quantitative estimate of drug-likeness (QED) is 0.132. The van der Waals surface area contributed by atoms with Crippen LogP contribution in [-0.2, 0) is 9.53 Å². The zero-order valence-corrected chi connectivity index (χ0v) is 31.1. The highest BCUT2D eigenvalue weighted by Crippen LogP contribution is 2.54. The molecule has 0 bridgehead atoms. The van der Waals surface area contributed by atoms with Crippen LogP contribution in [0.4, 0.5) is 23.4 Å². The van der Waals surface area contributed by atoms with Crippen LogP contribution in [0.25, 0.3) is 32.9 Å². The molecule has 2 saturated carbocycles. The summed E-state index contributed by atoms with van der Waals surface area (Å²) < 4.78 is 73.5. The maximum Gasteiger partial charge on any atom is 0.422 e. The van der Waals surface area contributed by atoms with Crippen LogP contribution in [0.3, 0.4) is 0 Å². The van der Waals surface area contributed by atoms with E-state index in [9.17, 15) is 22.4 Å². The second-order valence-electron chi connectivity index (χ2n) is 16.6. The number of hydrogen-bond acceptors (Lipinski definition) is 9. The standard InChI is InChI=1S/C40H45F4N7O4/c1-23-4-7-30-29(17-45-48-30)31(23)32-27(25-5-6-25)14-28-33(34(32)54-22-40(42,43)44)46-37(55-26-15-39(16-26)18-49(19-39)12-13-53-3)47-35(28)50-10-8-38(9-11-50)20-51(21-38)36(52)24(2)41/h4,7,14,17,25-26H,2,5-6,8-13,15-16,18-22H2,1,3H3,(H,45,48). The Balaban J connectivity index is 1.12. The number of likely N-dealkylation sites (tertiary alicyclic amines) is 2. The summed E-state index contributed by atoms with van der Waals surface area (Å²) in [5.41, 5.74) is 4.21. The molecule has 2 aromatic heterocycles. The summed E-state index contributed by atoms with van der Waals surface area (Å²) >= 11 is 0. The van der Waals surface area contributed by atoms with Crippen molar-refractivity contribution in [2.45, 2.75) is 63.6 Å². The van der Waals surface area contributed by atoms with Crippen LogP contribution in [-0.4, -0.2) is 114 Å². The third kappa shape index (κ3) is 6.66. The summed E-state index contributed by atoms with van der Waals surface area (Å²) in [5.74, 6) is -0.850. The number of hydrogen-bond donors (Lipinski definition) is 1. The van der Waals surface area contributed by atoms with Crippen molar-refractivity contribution in [3.63, 3.8) is 0 Å². The number of piperidine rings is 1. The van der Waals surface area contributed by atoms with Gasteiger partial charge in [-0.05, 0) is 80.2 Å². The molecule has 0 unspecified atom stereocenters. The topological polar surface area (TPSA) is 109 Å². The van der Waals surface area contributed by atoms with Crippen LogP contribution >= 0.6 is 0 Å². The van der Waals surface area contributed by atoms with Crippen molar-refractivity contribution in [1.29, 1.82) is 0 Å². The van der Waals surface area contributed by atoms with Crippen molar-refractivity contribution in [3.8, 4) is 22.9 Å². The first-order chi connectivity index (χ1) is 26.3. The minimum absolute atomic E-state index is 0.0629. The number of nitrogens with one attached hydrogen (secondary N) is 1. The monoisotopic (exact) mass is 763 g/mol. The molecule has 3 aliphatic heterocycles. The predicted molar refractivity (Wildman–Crippen MR) is 198 cm³/mol. The van der Waals surface area contributed by atoms with E-state index >= 15 is 0 Å². The lowest BCUT2D eigenvalue weighted by Gasteiger charge is -2.58. The van der Waals surface area contributed by atoms with Gasteiger partial charge in [0.2, 0.25) is 0 Å². The van der Waals surface area contributed by atoms with Crippen LogP contribution in [0.5, 0.6) is 11.8 Å². The summed E-state index contributed by atoms with van der Waals surface area (Å²) in [5, 5.41) is 8.68. The fourth-order valence-corrected chi connectivity index (χ4v) is 9.51. The van der Waals surface area contributed by atoms with E-state index in [-0.39, 0.29) is 40.1 Å². The Kier molecular flexibility index (Phi) is 8.76. The van der Waals surface area contributed by atoms with Crippen molar-refractivity contribution in [3.05, 3.63) is 47.9 Å². The number of rotatable bonds is 11. The van der Waals surface area contributed by atoms with Gasteiger partial charge in [0.1, 0.15) is 17.4 Å². The van der Waals surface area contributed by atoms with Crippen molar-refractivity contribution >= 4 is 33.5 Å². The Morgan fingerprint density at radius 3 is 2.45 bits per heavy atom. The van der Waals surface area contributed by atoms with Crippen LogP contribution in [0, 0.1) is 17.8 Å². The molecule has 15 heteroatoms. The van der Waals surface area contributed by atoms with Crippen molar-refractivity contribution < 1.29 is 36.6 Å². The highest BCUT2D eigenvalue weighted by atomic mass is 19.4. The summed E-state index contributed by atoms with van der Waals surface area (Å²) in [4.78, 5) is 28.2. The number of benzene rings is 2. The maximum absolute atomic E-state index is 14.1. The number of ether oxygens (including phenoxy) is 3. The number of carbonyl (C=O) groups excluding carboxylic acids is 1. The molecule has 11 nitrogen and oxygen atoms in total. The van der Waals surface area contributed by atoms with Crippen LogP contribution in [0.15, 0.2) is 36.8 Å². The van der Waals surface area contributed by atoms with E-state index in [2.05, 4.69) is 32.6 Å². The van der Waals surface area contributed by atoms with E-state index < -0.39 is 24.5 Å². The summed E-state index contributed by atoms with van der Waals surface area (Å²) in [6.07, 6.45) is 1.91. The smallest absolute Gasteiger partial charge is 0.422 e. The number of aromatic amines is 1. The maximum atomic E-state index is 14.1. The SMILES string of the molecule is C=C(F)C(=O)N1CC2(CCN(c3nc(OC4CC5(C4)CN(CCOC)C5)nc4c(OCC(F)(F)F)c(-c5c(C)ccc6[nH]ncc56)c(C5CC5)cc34)CC2)C1. The van der Waals surface area contributed by atoms with E-state index in [0.29, 0.717) is 49.6 Å². The highest BCUT2D eigenvalue weighted by molar-refractivity contribution is 6.06. The van der Waals surface area contributed by atoms with Gasteiger partial charge in [-0.2, -0.15) is 28.2 Å². The van der Waals surface area contributed by atoms with Gasteiger partial charge < -0.3 is 24.0 Å². The lowest BCUT2D eigenvalue weighted by Crippen LogP contribution is -2.64. The van der Waals surface area contributed by atoms with Gasteiger partial charge in [-0.25, -0.2) is 4.39 Å². The zero-order valence-electron chi connectivity index (χ0n) is 31.1. The molecule has 5 heterocycles. The molecule has 9 rings (SSSR count). The third-order valence-electron chi connectivity index (χ3n) is 12.4. The average molecular weight is 764 g/mol. The molecule has 5 aliphatic rings. The van der Waals surface area contributed by atoms with Gasteiger partial charge >= 0.3 is 12.2 Å². The number of H-pyrrole nitrogens is 1. The summed E-state index contributed by atoms with van der Waals surface area (Å²) in [6, 6.07) is 6.03. The third-order valence-corrected chi connectivity index (χ3v) is 12.4. The van der Waals surface area contributed by atoms with E-state index in [4.69, 9.17) is 24.2 Å². The fraction of sp³-hybridized carbons (Fsp3) is 0.550. The number of halogens is 4. The first kappa shape index (κ1) is 36.2. The highest BCUT2D eigenvalue weighted by Gasteiger charge is 2.53. The number of aryl methyl sites for hydroxylation is 1. The summed E-state index contributed by atoms with van der Waals surface area (Å²) in [6.45, 7) is 9.21. The molecule has 0 radical (unpaired) electrons. The lowest BCUT2D eigenvalue weighted by molar-refractivity contribution is -0.153. The molecular formula is C40H45F4N7O4. The van der Waals surface area contributed by atoms with Gasteiger partial charge in [0.25, 0.3) is 5.91 Å². The molecule has 2 spiro atoms. The van der Waals surface area contributed by atoms with Crippen molar-refractivity contribution in [2.75, 3.05) is 71.0 Å². The Hall–Kier alpha value is -4.50. The van der Waals surface area contributed by atoms with Gasteiger partial charge in [-0.1, -0.05) is 12.6 Å². The Morgan fingerprint density at radius 2 is 1.78 bits per heavy atom. The van der Waals surface area contributed by atoms with Gasteiger partial charge in [-0.3, -0.25) is 14.8 Å². The van der Waals surface area contributed by atoms with Crippen LogP contribution in [0.1, 0.15) is 55.6 Å². The second-order valence-corrected chi connectivity index (χ2v) is 16.6. The second kappa shape index (κ2) is 13.3. The van der Waals surface area contributed by atoms with E-state index in [0.717, 1.165) is 85.8 Å². The molecule has 0 atom stereocenters. The molecule has 2 aromatic carbocycles. The molecular weight excluding hydrogens is 718 g/mol. The molecule has 55 heavy (non-hydrogen) atoms. The molecule has 1 amide bonds. The van der Waals surface area contributed by atoms with Gasteiger partial charge in [0, 0.05) is 80.1 Å². The van der Waals surface area contributed by atoms with Gasteiger partial charge in [-0.15, -0.1) is 0 Å². The van der Waals surface area contributed by atoms with Crippen LogP contribution in [0.2, 0.25) is 0 Å². The van der Waals surface area contributed by atoms with E-state index in [1.807, 2.05) is 19.1 Å². The Labute approximate surface area is 316 Å². The van der Waals surface area contributed by atoms with Crippen molar-refractivity contribution in [2.24, 2.45) is 10.8 Å².